The minimum absolute atomic E-state index is 0.0101. The van der Waals surface area contributed by atoms with Gasteiger partial charge in [-0.05, 0) is 49.4 Å². The summed E-state index contributed by atoms with van der Waals surface area (Å²) in [6.45, 7) is 4.07. The van der Waals surface area contributed by atoms with Gasteiger partial charge in [-0.15, -0.1) is 11.3 Å². The van der Waals surface area contributed by atoms with Crippen LogP contribution in [0, 0.1) is 12.8 Å². The second-order valence-electron chi connectivity index (χ2n) is 9.74. The van der Waals surface area contributed by atoms with Gasteiger partial charge >= 0.3 is 0 Å². The predicted molar refractivity (Wildman–Crippen MR) is 153 cm³/mol. The molecule has 38 heavy (non-hydrogen) atoms. The van der Waals surface area contributed by atoms with Crippen LogP contribution in [-0.2, 0) is 13.1 Å². The van der Waals surface area contributed by atoms with Crippen LogP contribution in [-0.4, -0.2) is 31.7 Å². The predicted octanol–water partition coefficient (Wildman–Crippen LogP) is 6.48. The zero-order chi connectivity index (χ0) is 26.5. The van der Waals surface area contributed by atoms with Crippen molar-refractivity contribution in [3.8, 4) is 22.8 Å². The Morgan fingerprint density at radius 2 is 1.76 bits per heavy atom. The van der Waals surface area contributed by atoms with E-state index in [1.54, 1.807) is 25.6 Å². The van der Waals surface area contributed by atoms with Crippen LogP contribution in [0.15, 0.2) is 72.1 Å². The molecular formula is C31H33N3O3S. The van der Waals surface area contributed by atoms with Crippen molar-refractivity contribution in [1.82, 2.24) is 10.3 Å². The number of amides is 1. The molecule has 1 aliphatic rings. The Kier molecular flexibility index (Phi) is 7.94. The van der Waals surface area contributed by atoms with Gasteiger partial charge in [-0.25, -0.2) is 4.98 Å². The van der Waals surface area contributed by atoms with Crippen molar-refractivity contribution in [3.63, 3.8) is 0 Å². The highest BCUT2D eigenvalue weighted by Crippen LogP contribution is 2.35. The Morgan fingerprint density at radius 3 is 2.45 bits per heavy atom. The van der Waals surface area contributed by atoms with E-state index >= 15 is 0 Å². The lowest BCUT2D eigenvalue weighted by atomic mass is 10.1. The van der Waals surface area contributed by atoms with Gasteiger partial charge in [-0.1, -0.05) is 54.1 Å². The third kappa shape index (κ3) is 6.17. The highest BCUT2D eigenvalue weighted by atomic mass is 32.1. The molecule has 1 amide bonds. The number of rotatable bonds is 11. The summed E-state index contributed by atoms with van der Waals surface area (Å²) in [5.41, 5.74) is 6.06. The Morgan fingerprint density at radius 1 is 1.00 bits per heavy atom. The van der Waals surface area contributed by atoms with Crippen molar-refractivity contribution in [2.24, 2.45) is 5.92 Å². The Balaban J connectivity index is 1.40. The van der Waals surface area contributed by atoms with Crippen LogP contribution in [0.3, 0.4) is 0 Å². The number of ether oxygens (including phenoxy) is 2. The maximum atomic E-state index is 12.5. The lowest BCUT2D eigenvalue weighted by Crippen LogP contribution is -2.25. The fourth-order valence-electron chi connectivity index (χ4n) is 4.38. The number of aryl methyl sites for hydroxylation is 1. The molecule has 1 N–H and O–H groups in total. The van der Waals surface area contributed by atoms with Crippen LogP contribution >= 0.6 is 11.3 Å². The molecule has 3 aromatic carbocycles. The van der Waals surface area contributed by atoms with Crippen LogP contribution in [0.2, 0.25) is 0 Å². The highest BCUT2D eigenvalue weighted by molar-refractivity contribution is 7.14. The molecule has 1 fully saturated rings. The van der Waals surface area contributed by atoms with E-state index in [1.165, 1.54) is 18.4 Å². The van der Waals surface area contributed by atoms with Crippen LogP contribution < -0.4 is 19.7 Å². The summed E-state index contributed by atoms with van der Waals surface area (Å²) in [5.74, 6) is 2.07. The standard InChI is InChI=1S/C31H33N3O3S/c1-21-7-13-24(14-8-21)27-20-38-31(33-27)34(19-26-5-4-6-28(36-2)29(26)37-3)18-23-11-15-25(16-12-23)30(35)32-17-22-9-10-22/h4-8,11-16,20,22H,9-10,17-19H2,1-3H3,(H,32,35). The van der Waals surface area contributed by atoms with Crippen molar-refractivity contribution < 1.29 is 14.3 Å². The lowest BCUT2D eigenvalue weighted by molar-refractivity contribution is 0.0952. The van der Waals surface area contributed by atoms with Crippen LogP contribution in [0.4, 0.5) is 5.13 Å². The number of nitrogens with one attached hydrogen (secondary N) is 1. The summed E-state index contributed by atoms with van der Waals surface area (Å²) >= 11 is 1.62. The van der Waals surface area contributed by atoms with E-state index in [4.69, 9.17) is 14.5 Å². The molecule has 0 saturated heterocycles. The Hall–Kier alpha value is -3.84. The van der Waals surface area contributed by atoms with E-state index in [0.29, 0.717) is 30.3 Å². The second kappa shape index (κ2) is 11.7. The molecule has 0 spiro atoms. The number of carbonyl (C=O) groups is 1. The van der Waals surface area contributed by atoms with Crippen molar-refractivity contribution in [3.05, 3.63) is 94.4 Å². The third-order valence-corrected chi connectivity index (χ3v) is 7.69. The number of thiazole rings is 1. The quantitative estimate of drug-likeness (QED) is 0.242. The average molecular weight is 528 g/mol. The SMILES string of the molecule is COc1cccc(CN(Cc2ccc(C(=O)NCC3CC3)cc2)c2nc(-c3ccc(C)cc3)cs2)c1OC. The van der Waals surface area contributed by atoms with E-state index in [9.17, 15) is 4.79 Å². The molecule has 1 saturated carbocycles. The summed E-state index contributed by atoms with van der Waals surface area (Å²) < 4.78 is 11.2. The second-order valence-corrected chi connectivity index (χ2v) is 10.6. The molecule has 1 aliphatic carbocycles. The van der Waals surface area contributed by atoms with Crippen molar-refractivity contribution in [1.29, 1.82) is 0 Å². The first-order chi connectivity index (χ1) is 18.5. The number of anilines is 1. The molecule has 5 rings (SSSR count). The van der Waals surface area contributed by atoms with Gasteiger partial charge in [-0.3, -0.25) is 4.79 Å². The van der Waals surface area contributed by atoms with E-state index < -0.39 is 0 Å². The lowest BCUT2D eigenvalue weighted by Gasteiger charge is -2.24. The third-order valence-electron chi connectivity index (χ3n) is 6.79. The number of aromatic nitrogens is 1. The van der Waals surface area contributed by atoms with Crippen molar-refractivity contribution >= 4 is 22.4 Å². The van der Waals surface area contributed by atoms with Gasteiger partial charge in [0.2, 0.25) is 0 Å². The zero-order valence-electron chi connectivity index (χ0n) is 22.1. The number of para-hydroxylation sites is 1. The number of methoxy groups -OCH3 is 2. The number of carbonyl (C=O) groups excluding carboxylic acids is 1. The van der Waals surface area contributed by atoms with Crippen LogP contribution in [0.25, 0.3) is 11.3 Å². The summed E-state index contributed by atoms with van der Waals surface area (Å²) in [6, 6.07) is 22.2. The number of hydrogen-bond acceptors (Lipinski definition) is 6. The minimum Gasteiger partial charge on any atom is -0.493 e. The molecule has 1 heterocycles. The topological polar surface area (TPSA) is 63.7 Å². The minimum atomic E-state index is -0.0101. The van der Waals surface area contributed by atoms with E-state index in [-0.39, 0.29) is 5.91 Å². The van der Waals surface area contributed by atoms with Crippen molar-refractivity contribution in [2.45, 2.75) is 32.9 Å². The summed E-state index contributed by atoms with van der Waals surface area (Å²) in [7, 11) is 3.31. The fourth-order valence-corrected chi connectivity index (χ4v) is 5.22. The molecule has 7 heteroatoms. The normalized spacial score (nSPS) is 12.7. The van der Waals surface area contributed by atoms with Gasteiger partial charge in [0.25, 0.3) is 5.91 Å². The Labute approximate surface area is 228 Å². The molecule has 1 aromatic heterocycles. The first-order valence-electron chi connectivity index (χ1n) is 12.9. The molecule has 196 valence electrons. The van der Waals surface area contributed by atoms with E-state index in [0.717, 1.165) is 39.8 Å². The number of nitrogens with zero attached hydrogens (tertiary/aromatic N) is 2. The van der Waals surface area contributed by atoms with Gasteiger partial charge < -0.3 is 19.7 Å². The average Bonchev–Trinajstić information content (AvgIpc) is 3.65. The van der Waals surface area contributed by atoms with E-state index in [1.807, 2.05) is 36.4 Å². The van der Waals surface area contributed by atoms with Gasteiger partial charge in [0.1, 0.15) is 0 Å². The van der Waals surface area contributed by atoms with Gasteiger partial charge in [0, 0.05) is 41.7 Å². The fraction of sp³-hybridized carbons (Fsp3) is 0.290. The maximum absolute atomic E-state index is 12.5. The van der Waals surface area contributed by atoms with Gasteiger partial charge in [0.05, 0.1) is 19.9 Å². The molecule has 0 aliphatic heterocycles. The number of hydrogen-bond donors (Lipinski definition) is 1. The maximum Gasteiger partial charge on any atom is 0.251 e. The zero-order valence-corrected chi connectivity index (χ0v) is 22.9. The molecule has 0 radical (unpaired) electrons. The molecule has 0 bridgehead atoms. The Bertz CT molecular complexity index is 1380. The van der Waals surface area contributed by atoms with Gasteiger partial charge in [-0.2, -0.15) is 0 Å². The van der Waals surface area contributed by atoms with Crippen LogP contribution in [0.1, 0.15) is 39.9 Å². The number of benzene rings is 3. The summed E-state index contributed by atoms with van der Waals surface area (Å²) in [4.78, 5) is 19.7. The van der Waals surface area contributed by atoms with Crippen LogP contribution in [0.5, 0.6) is 11.5 Å². The van der Waals surface area contributed by atoms with Crippen molar-refractivity contribution in [2.75, 3.05) is 25.7 Å². The van der Waals surface area contributed by atoms with E-state index in [2.05, 4.69) is 52.9 Å². The molecule has 6 nitrogen and oxygen atoms in total. The summed E-state index contributed by atoms with van der Waals surface area (Å²) in [6.07, 6.45) is 2.44. The molecule has 0 atom stereocenters. The van der Waals surface area contributed by atoms with Gasteiger partial charge in [0.15, 0.2) is 16.6 Å². The molecule has 0 unspecified atom stereocenters. The first-order valence-corrected chi connectivity index (χ1v) is 13.8. The monoisotopic (exact) mass is 527 g/mol. The first kappa shape index (κ1) is 25.8. The molecule has 4 aromatic rings. The summed E-state index contributed by atoms with van der Waals surface area (Å²) in [5, 5.41) is 6.06. The largest absolute Gasteiger partial charge is 0.493 e. The molecular weight excluding hydrogens is 494 g/mol. The smallest absolute Gasteiger partial charge is 0.251 e. The highest BCUT2D eigenvalue weighted by Gasteiger charge is 2.22.